The van der Waals surface area contributed by atoms with Crippen LogP contribution in [0.5, 0.6) is 5.75 Å². The topological polar surface area (TPSA) is 119 Å². The molecule has 0 spiro atoms. The number of anilines is 1. The smallest absolute Gasteiger partial charge is 0.387 e. The highest BCUT2D eigenvalue weighted by atomic mass is 32.2. The van der Waals surface area contributed by atoms with E-state index in [2.05, 4.69) is 25.4 Å². The summed E-state index contributed by atoms with van der Waals surface area (Å²) in [5.41, 5.74) is 1.32. The number of nitrogens with zero attached hydrogens (tertiary/aromatic N) is 7. The predicted octanol–water partition coefficient (Wildman–Crippen LogP) is 4.02. The third-order valence-corrected chi connectivity index (χ3v) is 9.79. The van der Waals surface area contributed by atoms with Gasteiger partial charge in [-0.1, -0.05) is 0 Å². The maximum Gasteiger partial charge on any atom is 0.387 e. The van der Waals surface area contributed by atoms with Crippen LogP contribution in [0.25, 0.3) is 16.9 Å². The van der Waals surface area contributed by atoms with Crippen LogP contribution in [-0.4, -0.2) is 103 Å². The van der Waals surface area contributed by atoms with Gasteiger partial charge in [0.05, 0.1) is 11.9 Å². The molecule has 2 saturated heterocycles. The van der Waals surface area contributed by atoms with Gasteiger partial charge in [-0.3, -0.25) is 19.2 Å². The predicted molar refractivity (Wildman–Crippen MR) is 166 cm³/mol. The van der Waals surface area contributed by atoms with Gasteiger partial charge in [-0.25, -0.2) is 9.50 Å². The summed E-state index contributed by atoms with van der Waals surface area (Å²) in [6.45, 7) is 1.16. The van der Waals surface area contributed by atoms with Gasteiger partial charge in [0.1, 0.15) is 23.6 Å². The van der Waals surface area contributed by atoms with E-state index >= 15 is 0 Å². The van der Waals surface area contributed by atoms with Crippen LogP contribution in [0.4, 0.5) is 14.5 Å². The average Bonchev–Trinajstić information content (AvgIpc) is 3.64. The van der Waals surface area contributed by atoms with Crippen LogP contribution in [0.1, 0.15) is 36.0 Å². The molecule has 242 valence electrons. The second kappa shape index (κ2) is 13.3. The molecular formula is C31H34F2N8O4S. The van der Waals surface area contributed by atoms with E-state index in [0.29, 0.717) is 30.0 Å². The Morgan fingerprint density at radius 3 is 2.67 bits per heavy atom. The monoisotopic (exact) mass is 652 g/mol. The standard InChI is InChI=1S/C31H34F2N8O4S/c32-31(33)45-26-5-4-22(46-21-2-3-21)16-23(26)28-25(36-30(43)24-17-35-41-9-1-8-34-29(24)41)18-40(37-28)19-27(42)39-12-10-38(11-13-39)20-6-14-44-15-7-20/h1,4-5,8-9,16-18,20-21,31H,2-3,6-7,10-15,19H2,(H,36,43). The number of carbonyl (C=O) groups is 2. The number of thioether (sulfide) groups is 1. The van der Waals surface area contributed by atoms with Gasteiger partial charge in [-0.2, -0.15) is 19.0 Å². The van der Waals surface area contributed by atoms with E-state index in [4.69, 9.17) is 9.47 Å². The molecule has 0 bridgehead atoms. The number of aromatic nitrogens is 5. The molecule has 4 aromatic rings. The van der Waals surface area contributed by atoms with Crippen molar-refractivity contribution < 1.29 is 27.8 Å². The Kier molecular flexibility index (Phi) is 8.86. The van der Waals surface area contributed by atoms with Gasteiger partial charge in [0.25, 0.3) is 5.91 Å². The van der Waals surface area contributed by atoms with Crippen LogP contribution in [0, 0.1) is 0 Å². The Morgan fingerprint density at radius 1 is 1.11 bits per heavy atom. The van der Waals surface area contributed by atoms with Crippen LogP contribution in [0.3, 0.4) is 0 Å². The highest BCUT2D eigenvalue weighted by molar-refractivity contribution is 8.00. The SMILES string of the molecule is O=C(Nc1cn(CC(=O)N2CCN(C3CCOCC3)CC2)nc1-c1cc(SC2CC2)ccc1OC(F)F)c1cnn2cccnc12. The summed E-state index contributed by atoms with van der Waals surface area (Å²) in [4.78, 5) is 36.3. The minimum atomic E-state index is -3.06. The van der Waals surface area contributed by atoms with E-state index in [9.17, 15) is 18.4 Å². The van der Waals surface area contributed by atoms with Gasteiger partial charge in [0.2, 0.25) is 5.91 Å². The number of hydrogen-bond donors (Lipinski definition) is 1. The molecule has 3 aromatic heterocycles. The molecule has 0 unspecified atom stereocenters. The Hall–Kier alpha value is -4.08. The first-order valence-corrected chi connectivity index (χ1v) is 16.3. The van der Waals surface area contributed by atoms with Crippen LogP contribution in [0.2, 0.25) is 0 Å². The fourth-order valence-electron chi connectivity index (χ4n) is 5.94. The molecule has 12 nitrogen and oxygen atoms in total. The molecule has 0 radical (unpaired) electrons. The Bertz CT molecular complexity index is 1710. The zero-order chi connectivity index (χ0) is 31.6. The van der Waals surface area contributed by atoms with Crippen molar-refractivity contribution in [2.24, 2.45) is 0 Å². The van der Waals surface area contributed by atoms with Crippen molar-refractivity contribution >= 4 is 34.9 Å². The Morgan fingerprint density at radius 2 is 1.91 bits per heavy atom. The number of piperazine rings is 1. The Labute approximate surface area is 268 Å². The minimum absolute atomic E-state index is 0.0795. The second-order valence-corrected chi connectivity index (χ2v) is 13.0. The number of halogens is 2. The van der Waals surface area contributed by atoms with E-state index < -0.39 is 12.5 Å². The van der Waals surface area contributed by atoms with Crippen molar-refractivity contribution in [2.75, 3.05) is 44.7 Å². The first-order chi connectivity index (χ1) is 22.4. The highest BCUT2D eigenvalue weighted by Gasteiger charge is 2.29. The molecule has 1 saturated carbocycles. The first-order valence-electron chi connectivity index (χ1n) is 15.4. The maximum atomic E-state index is 13.5. The second-order valence-electron chi connectivity index (χ2n) is 11.6. The van der Waals surface area contributed by atoms with Crippen LogP contribution >= 0.6 is 11.8 Å². The van der Waals surface area contributed by atoms with E-state index in [1.807, 2.05) is 4.90 Å². The van der Waals surface area contributed by atoms with E-state index in [0.717, 1.165) is 56.9 Å². The highest BCUT2D eigenvalue weighted by Crippen LogP contribution is 2.43. The number of hydrogen-bond acceptors (Lipinski definition) is 9. The van der Waals surface area contributed by atoms with Crippen molar-refractivity contribution in [2.45, 2.75) is 55.0 Å². The van der Waals surface area contributed by atoms with Gasteiger partial charge in [0.15, 0.2) is 5.65 Å². The molecule has 7 rings (SSSR count). The lowest BCUT2D eigenvalue weighted by Crippen LogP contribution is -2.53. The largest absolute Gasteiger partial charge is 0.434 e. The fourth-order valence-corrected chi connectivity index (χ4v) is 7.03. The van der Waals surface area contributed by atoms with Crippen LogP contribution < -0.4 is 10.1 Å². The summed E-state index contributed by atoms with van der Waals surface area (Å²) in [7, 11) is 0. The Balaban J connectivity index is 1.16. The normalized spacial score (nSPS) is 17.9. The van der Waals surface area contributed by atoms with Crippen molar-refractivity contribution in [1.29, 1.82) is 0 Å². The van der Waals surface area contributed by atoms with Gasteiger partial charge in [-0.05, 0) is 49.9 Å². The lowest BCUT2D eigenvalue weighted by Gasteiger charge is -2.40. The molecule has 1 aromatic carbocycles. The van der Waals surface area contributed by atoms with Crippen molar-refractivity contribution in [1.82, 2.24) is 34.2 Å². The van der Waals surface area contributed by atoms with Gasteiger partial charge in [-0.15, -0.1) is 11.8 Å². The zero-order valence-corrected chi connectivity index (χ0v) is 25.9. The zero-order valence-electron chi connectivity index (χ0n) is 25.1. The van der Waals surface area contributed by atoms with Gasteiger partial charge in [0, 0.05) is 79.7 Å². The number of nitrogens with one attached hydrogen (secondary N) is 1. The van der Waals surface area contributed by atoms with Crippen molar-refractivity contribution in [3.63, 3.8) is 0 Å². The van der Waals surface area contributed by atoms with E-state index in [1.54, 1.807) is 48.6 Å². The van der Waals surface area contributed by atoms with Crippen LogP contribution in [-0.2, 0) is 16.1 Å². The van der Waals surface area contributed by atoms with Crippen molar-refractivity contribution in [3.05, 3.63) is 54.6 Å². The van der Waals surface area contributed by atoms with E-state index in [1.165, 1.54) is 21.5 Å². The molecular weight excluding hydrogens is 618 g/mol. The molecule has 2 amide bonds. The third kappa shape index (κ3) is 6.86. The average molecular weight is 653 g/mol. The first kappa shape index (κ1) is 30.6. The van der Waals surface area contributed by atoms with Crippen molar-refractivity contribution in [3.8, 4) is 17.0 Å². The number of alkyl halides is 2. The van der Waals surface area contributed by atoms with Crippen LogP contribution in [0.15, 0.2) is 53.9 Å². The number of benzene rings is 1. The number of amides is 2. The molecule has 5 heterocycles. The third-order valence-electron chi connectivity index (χ3n) is 8.45. The summed E-state index contributed by atoms with van der Waals surface area (Å²) < 4.78 is 40.3. The minimum Gasteiger partial charge on any atom is -0.434 e. The number of carbonyl (C=O) groups excluding carboxylic acids is 2. The molecule has 2 aliphatic heterocycles. The quantitative estimate of drug-likeness (QED) is 0.271. The lowest BCUT2D eigenvalue weighted by atomic mass is 10.1. The maximum absolute atomic E-state index is 13.5. The molecule has 0 atom stereocenters. The molecule has 3 aliphatic rings. The number of fused-ring (bicyclic) bond motifs is 1. The summed E-state index contributed by atoms with van der Waals surface area (Å²) >= 11 is 1.66. The molecule has 46 heavy (non-hydrogen) atoms. The summed E-state index contributed by atoms with van der Waals surface area (Å²) in [5.74, 6) is -0.707. The summed E-state index contributed by atoms with van der Waals surface area (Å²) in [6.07, 6.45) is 10.4. The molecule has 1 N–H and O–H groups in total. The fraction of sp³-hybridized carbons (Fsp3) is 0.452. The van der Waals surface area contributed by atoms with Gasteiger partial charge < -0.3 is 19.7 Å². The lowest BCUT2D eigenvalue weighted by molar-refractivity contribution is -0.134. The number of rotatable bonds is 10. The van der Waals surface area contributed by atoms with Gasteiger partial charge >= 0.3 is 6.61 Å². The summed E-state index contributed by atoms with van der Waals surface area (Å²) in [5, 5.41) is 12.2. The molecule has 15 heteroatoms. The molecule has 1 aliphatic carbocycles. The molecule has 3 fully saturated rings. The number of ether oxygens (including phenoxy) is 2. The summed E-state index contributed by atoms with van der Waals surface area (Å²) in [6, 6.07) is 7.16. The van der Waals surface area contributed by atoms with E-state index in [-0.39, 0.29) is 40.7 Å².